The molecule has 3 N–H and O–H groups in total. The van der Waals surface area contributed by atoms with Gasteiger partial charge in [0.25, 0.3) is 0 Å². The zero-order valence-corrected chi connectivity index (χ0v) is 13.8. The van der Waals surface area contributed by atoms with Crippen LogP contribution in [0.3, 0.4) is 0 Å². The van der Waals surface area contributed by atoms with Gasteiger partial charge in [-0.3, -0.25) is 4.89 Å². The highest BCUT2D eigenvalue weighted by molar-refractivity contribution is 5.87. The third-order valence-electron chi connectivity index (χ3n) is 3.23. The molecule has 0 atom stereocenters. The minimum absolute atomic E-state index is 0.156. The molecule has 0 aromatic rings. The predicted molar refractivity (Wildman–Crippen MR) is 80.4 cm³/mol. The average Bonchev–Trinajstić information content (AvgIpc) is 2.50. The standard InChI is InChI=1S/C9H16O3.C6H14O3/c1-5-6-11-12-9(10)8(4)7(2)3;1-2-6(3-7,4-8)5-9/h5-6H2,1-4H3;7-9H,2-5H2,1H3. The van der Waals surface area contributed by atoms with Crippen LogP contribution in [0.25, 0.3) is 0 Å². The lowest BCUT2D eigenvalue weighted by atomic mass is 9.88. The van der Waals surface area contributed by atoms with E-state index in [1.54, 1.807) is 6.92 Å². The summed E-state index contributed by atoms with van der Waals surface area (Å²) < 4.78 is 0. The number of carbonyl (C=O) groups excluding carboxylic acids is 1. The predicted octanol–water partition coefficient (Wildman–Crippen LogP) is 1.59. The molecule has 0 radical (unpaired) electrons. The Kier molecular flexibility index (Phi) is 13.6. The van der Waals surface area contributed by atoms with Gasteiger partial charge in [0, 0.05) is 11.0 Å². The second kappa shape index (κ2) is 12.8. The lowest BCUT2D eigenvalue weighted by Crippen LogP contribution is -2.32. The van der Waals surface area contributed by atoms with Gasteiger partial charge in [-0.05, 0) is 33.6 Å². The van der Waals surface area contributed by atoms with Gasteiger partial charge in [0.1, 0.15) is 0 Å². The molecule has 0 aromatic heterocycles. The lowest BCUT2D eigenvalue weighted by molar-refractivity contribution is -0.268. The molecular weight excluding hydrogens is 276 g/mol. The van der Waals surface area contributed by atoms with Gasteiger partial charge in [-0.15, -0.1) is 0 Å². The highest BCUT2D eigenvalue weighted by atomic mass is 17.2. The van der Waals surface area contributed by atoms with Crippen molar-refractivity contribution in [3.05, 3.63) is 11.1 Å². The summed E-state index contributed by atoms with van der Waals surface area (Å²) in [6, 6.07) is 0. The van der Waals surface area contributed by atoms with Gasteiger partial charge in [-0.1, -0.05) is 19.4 Å². The van der Waals surface area contributed by atoms with Crippen molar-refractivity contribution < 1.29 is 29.9 Å². The molecule has 0 fully saturated rings. The fourth-order valence-electron chi connectivity index (χ4n) is 0.931. The topological polar surface area (TPSA) is 96.2 Å². The first kappa shape index (κ1) is 22.3. The highest BCUT2D eigenvalue weighted by Crippen LogP contribution is 2.18. The zero-order valence-electron chi connectivity index (χ0n) is 13.8. The maximum absolute atomic E-state index is 11.1. The first-order chi connectivity index (χ1) is 9.83. The number of aliphatic hydroxyl groups excluding tert-OH is 3. The van der Waals surface area contributed by atoms with Crippen LogP contribution in [0.15, 0.2) is 11.1 Å². The Morgan fingerprint density at radius 3 is 1.71 bits per heavy atom. The number of allylic oxidation sites excluding steroid dienone is 1. The molecule has 0 aromatic carbocycles. The number of aliphatic hydroxyl groups is 3. The summed E-state index contributed by atoms with van der Waals surface area (Å²) in [5, 5.41) is 26.0. The summed E-state index contributed by atoms with van der Waals surface area (Å²) in [4.78, 5) is 20.2. The van der Waals surface area contributed by atoms with E-state index in [-0.39, 0.29) is 19.8 Å². The van der Waals surface area contributed by atoms with Crippen molar-refractivity contribution in [3.63, 3.8) is 0 Å². The van der Waals surface area contributed by atoms with Crippen molar-refractivity contribution in [2.24, 2.45) is 5.41 Å². The van der Waals surface area contributed by atoms with E-state index in [9.17, 15) is 4.79 Å². The molecule has 0 saturated heterocycles. The SMILES string of the molecule is CCC(CO)(CO)CO.CCCOOC(=O)C(C)=C(C)C. The van der Waals surface area contributed by atoms with Gasteiger partial charge in [-0.2, -0.15) is 4.89 Å². The van der Waals surface area contributed by atoms with Crippen LogP contribution in [0.4, 0.5) is 0 Å². The van der Waals surface area contributed by atoms with Gasteiger partial charge < -0.3 is 15.3 Å². The van der Waals surface area contributed by atoms with Crippen LogP contribution in [0.5, 0.6) is 0 Å². The van der Waals surface area contributed by atoms with Gasteiger partial charge in [0.15, 0.2) is 0 Å². The molecule has 0 unspecified atom stereocenters. The Morgan fingerprint density at radius 1 is 1.00 bits per heavy atom. The quantitative estimate of drug-likeness (QED) is 0.273. The molecule has 0 rings (SSSR count). The van der Waals surface area contributed by atoms with Gasteiger partial charge >= 0.3 is 5.97 Å². The van der Waals surface area contributed by atoms with Crippen molar-refractivity contribution >= 4 is 5.97 Å². The Balaban J connectivity index is 0. The van der Waals surface area contributed by atoms with Gasteiger partial charge in [0.05, 0.1) is 26.4 Å². The van der Waals surface area contributed by atoms with Crippen molar-refractivity contribution in [2.75, 3.05) is 26.4 Å². The number of rotatable bonds is 8. The molecule has 0 aliphatic carbocycles. The van der Waals surface area contributed by atoms with Crippen LogP contribution in [0.2, 0.25) is 0 Å². The summed E-state index contributed by atoms with van der Waals surface area (Å²) in [5.74, 6) is -0.400. The highest BCUT2D eigenvalue weighted by Gasteiger charge is 2.24. The monoisotopic (exact) mass is 306 g/mol. The molecule has 6 heteroatoms. The molecule has 0 heterocycles. The van der Waals surface area contributed by atoms with E-state index in [0.717, 1.165) is 12.0 Å². The summed E-state index contributed by atoms with van der Waals surface area (Å²) in [6.07, 6.45) is 1.43. The first-order valence-corrected chi connectivity index (χ1v) is 7.14. The fraction of sp³-hybridized carbons (Fsp3) is 0.800. The van der Waals surface area contributed by atoms with Crippen molar-refractivity contribution in [2.45, 2.75) is 47.5 Å². The molecule has 0 aliphatic heterocycles. The molecular formula is C15H30O6. The van der Waals surface area contributed by atoms with Gasteiger partial charge in [-0.25, -0.2) is 4.79 Å². The van der Waals surface area contributed by atoms with Crippen molar-refractivity contribution in [3.8, 4) is 0 Å². The normalized spacial score (nSPS) is 10.5. The van der Waals surface area contributed by atoms with E-state index in [1.807, 2.05) is 27.7 Å². The molecule has 126 valence electrons. The summed E-state index contributed by atoms with van der Waals surface area (Å²) in [6.45, 7) is 9.18. The van der Waals surface area contributed by atoms with E-state index < -0.39 is 11.4 Å². The van der Waals surface area contributed by atoms with Crippen LogP contribution < -0.4 is 0 Å². The van der Waals surface area contributed by atoms with Crippen molar-refractivity contribution in [1.29, 1.82) is 0 Å². The van der Waals surface area contributed by atoms with E-state index >= 15 is 0 Å². The average molecular weight is 306 g/mol. The van der Waals surface area contributed by atoms with Crippen LogP contribution in [-0.4, -0.2) is 47.7 Å². The largest absolute Gasteiger partial charge is 0.396 e. The number of carbonyl (C=O) groups is 1. The van der Waals surface area contributed by atoms with E-state index in [2.05, 4.69) is 9.78 Å². The third kappa shape index (κ3) is 9.57. The Morgan fingerprint density at radius 2 is 1.48 bits per heavy atom. The molecule has 0 saturated carbocycles. The van der Waals surface area contributed by atoms with Crippen LogP contribution >= 0.6 is 0 Å². The Labute approximate surface area is 127 Å². The molecule has 0 bridgehead atoms. The molecule has 0 spiro atoms. The van der Waals surface area contributed by atoms with E-state index in [4.69, 9.17) is 15.3 Å². The van der Waals surface area contributed by atoms with Gasteiger partial charge in [0.2, 0.25) is 0 Å². The maximum atomic E-state index is 11.1. The molecule has 6 nitrogen and oxygen atoms in total. The molecule has 0 aliphatic rings. The zero-order chi connectivity index (χ0) is 16.9. The first-order valence-electron chi connectivity index (χ1n) is 7.14. The maximum Gasteiger partial charge on any atom is 0.368 e. The summed E-state index contributed by atoms with van der Waals surface area (Å²) in [5.41, 5.74) is 0.881. The minimum Gasteiger partial charge on any atom is -0.396 e. The Bertz CT molecular complexity index is 286. The summed E-state index contributed by atoms with van der Waals surface area (Å²) in [7, 11) is 0. The minimum atomic E-state index is -0.667. The number of hydrogen-bond acceptors (Lipinski definition) is 6. The van der Waals surface area contributed by atoms with Crippen LogP contribution in [0, 0.1) is 5.41 Å². The summed E-state index contributed by atoms with van der Waals surface area (Å²) >= 11 is 0. The van der Waals surface area contributed by atoms with Crippen molar-refractivity contribution in [1.82, 2.24) is 0 Å². The van der Waals surface area contributed by atoms with E-state index in [1.165, 1.54) is 0 Å². The smallest absolute Gasteiger partial charge is 0.368 e. The second-order valence-corrected chi connectivity index (χ2v) is 5.15. The lowest BCUT2D eigenvalue weighted by Gasteiger charge is -2.24. The molecule has 21 heavy (non-hydrogen) atoms. The van der Waals surface area contributed by atoms with Crippen LogP contribution in [0.1, 0.15) is 47.5 Å². The van der Waals surface area contributed by atoms with E-state index in [0.29, 0.717) is 18.6 Å². The fourth-order valence-corrected chi connectivity index (χ4v) is 0.931. The van der Waals surface area contributed by atoms with Crippen LogP contribution in [-0.2, 0) is 14.6 Å². The number of hydrogen-bond donors (Lipinski definition) is 3. The third-order valence-corrected chi connectivity index (χ3v) is 3.23. The Hall–Kier alpha value is -0.950. The molecule has 0 amide bonds. The second-order valence-electron chi connectivity index (χ2n) is 5.15.